The SMILES string of the molecule is CCOC(=O)CSCC(=O)Nc1ccccc1C. The maximum atomic E-state index is 11.6. The molecule has 0 bridgehead atoms. The highest BCUT2D eigenvalue weighted by Gasteiger charge is 2.07. The number of nitrogens with one attached hydrogen (secondary N) is 1. The minimum absolute atomic E-state index is 0.112. The first-order chi connectivity index (χ1) is 8.63. The Balaban J connectivity index is 2.30. The molecule has 4 nitrogen and oxygen atoms in total. The highest BCUT2D eigenvalue weighted by atomic mass is 32.2. The summed E-state index contributed by atoms with van der Waals surface area (Å²) < 4.78 is 4.77. The third-order valence-electron chi connectivity index (χ3n) is 2.18. The van der Waals surface area contributed by atoms with E-state index < -0.39 is 0 Å². The molecular weight excluding hydrogens is 250 g/mol. The first-order valence-corrected chi connectivity index (χ1v) is 6.87. The number of ether oxygens (including phenoxy) is 1. The second-order valence-electron chi connectivity index (χ2n) is 3.66. The smallest absolute Gasteiger partial charge is 0.315 e. The van der Waals surface area contributed by atoms with Crippen LogP contribution in [0.25, 0.3) is 0 Å². The van der Waals surface area contributed by atoms with Gasteiger partial charge in [0.25, 0.3) is 0 Å². The van der Waals surface area contributed by atoms with E-state index in [0.717, 1.165) is 11.3 Å². The largest absolute Gasteiger partial charge is 0.465 e. The molecule has 0 saturated heterocycles. The monoisotopic (exact) mass is 267 g/mol. The molecule has 18 heavy (non-hydrogen) atoms. The van der Waals surface area contributed by atoms with Gasteiger partial charge in [-0.15, -0.1) is 11.8 Å². The summed E-state index contributed by atoms with van der Waals surface area (Å²) in [7, 11) is 0. The van der Waals surface area contributed by atoms with Gasteiger partial charge >= 0.3 is 5.97 Å². The molecule has 0 aromatic heterocycles. The number of rotatable bonds is 6. The van der Waals surface area contributed by atoms with Crippen molar-refractivity contribution in [2.24, 2.45) is 0 Å². The lowest BCUT2D eigenvalue weighted by molar-refractivity contribution is -0.139. The Hall–Kier alpha value is -1.49. The van der Waals surface area contributed by atoms with Crippen molar-refractivity contribution in [2.45, 2.75) is 13.8 Å². The van der Waals surface area contributed by atoms with Gasteiger partial charge in [0.05, 0.1) is 18.1 Å². The van der Waals surface area contributed by atoms with E-state index in [2.05, 4.69) is 5.32 Å². The van der Waals surface area contributed by atoms with Gasteiger partial charge in [0.2, 0.25) is 5.91 Å². The quantitative estimate of drug-likeness (QED) is 0.803. The summed E-state index contributed by atoms with van der Waals surface area (Å²) in [6.07, 6.45) is 0. The summed E-state index contributed by atoms with van der Waals surface area (Å²) in [6.45, 7) is 4.06. The van der Waals surface area contributed by atoms with Gasteiger partial charge in [-0.05, 0) is 25.5 Å². The van der Waals surface area contributed by atoms with Crippen LogP contribution in [-0.2, 0) is 14.3 Å². The number of para-hydroxylation sites is 1. The average Bonchev–Trinajstić information content (AvgIpc) is 2.32. The van der Waals surface area contributed by atoms with Crippen LogP contribution in [0, 0.1) is 6.92 Å². The van der Waals surface area contributed by atoms with Gasteiger partial charge in [-0.25, -0.2) is 0 Å². The number of hydrogen-bond acceptors (Lipinski definition) is 4. The van der Waals surface area contributed by atoms with E-state index in [1.54, 1.807) is 6.92 Å². The number of amides is 1. The molecular formula is C13H17NO3S. The normalized spacial score (nSPS) is 9.89. The summed E-state index contributed by atoms with van der Waals surface area (Å²) in [5.41, 5.74) is 1.82. The zero-order chi connectivity index (χ0) is 13.4. The van der Waals surface area contributed by atoms with Crippen LogP contribution in [0.3, 0.4) is 0 Å². The maximum Gasteiger partial charge on any atom is 0.315 e. The second-order valence-corrected chi connectivity index (χ2v) is 4.65. The Labute approximate surface area is 111 Å². The fourth-order valence-electron chi connectivity index (χ4n) is 1.33. The molecule has 0 aliphatic carbocycles. The number of aryl methyl sites for hydroxylation is 1. The number of benzene rings is 1. The Morgan fingerprint density at radius 2 is 2.00 bits per heavy atom. The van der Waals surface area contributed by atoms with E-state index in [4.69, 9.17) is 4.74 Å². The van der Waals surface area contributed by atoms with Crippen molar-refractivity contribution in [2.75, 3.05) is 23.4 Å². The molecule has 0 aliphatic heterocycles. The Kier molecular flexibility index (Phi) is 6.28. The summed E-state index contributed by atoms with van der Waals surface area (Å²) >= 11 is 1.25. The zero-order valence-electron chi connectivity index (χ0n) is 10.6. The molecule has 1 N–H and O–H groups in total. The first kappa shape index (κ1) is 14.6. The molecule has 0 unspecified atom stereocenters. The molecule has 0 spiro atoms. The Bertz CT molecular complexity index is 420. The van der Waals surface area contributed by atoms with Crippen molar-refractivity contribution in [3.63, 3.8) is 0 Å². The molecule has 98 valence electrons. The van der Waals surface area contributed by atoms with Gasteiger partial charge in [0.1, 0.15) is 0 Å². The van der Waals surface area contributed by atoms with Crippen LogP contribution < -0.4 is 5.32 Å². The van der Waals surface area contributed by atoms with Crippen LogP contribution in [0.2, 0.25) is 0 Å². The van der Waals surface area contributed by atoms with E-state index in [0.29, 0.717) is 6.61 Å². The summed E-state index contributed by atoms with van der Waals surface area (Å²) in [4.78, 5) is 22.7. The third-order valence-corrected chi connectivity index (χ3v) is 3.08. The molecule has 0 heterocycles. The molecule has 0 atom stereocenters. The molecule has 1 rings (SSSR count). The van der Waals surface area contributed by atoms with Crippen molar-refractivity contribution < 1.29 is 14.3 Å². The van der Waals surface area contributed by atoms with Crippen molar-refractivity contribution in [3.8, 4) is 0 Å². The third kappa shape index (κ3) is 5.23. The van der Waals surface area contributed by atoms with E-state index in [1.165, 1.54) is 11.8 Å². The summed E-state index contributed by atoms with van der Waals surface area (Å²) in [5.74, 6) is 0.0483. The highest BCUT2D eigenvalue weighted by molar-refractivity contribution is 8.00. The standard InChI is InChI=1S/C13H17NO3S/c1-3-17-13(16)9-18-8-12(15)14-11-7-5-4-6-10(11)2/h4-7H,3,8-9H2,1-2H3,(H,14,15). The van der Waals surface area contributed by atoms with E-state index in [9.17, 15) is 9.59 Å². The number of hydrogen-bond donors (Lipinski definition) is 1. The van der Waals surface area contributed by atoms with Gasteiger partial charge in [-0.1, -0.05) is 18.2 Å². The molecule has 0 radical (unpaired) electrons. The summed E-state index contributed by atoms with van der Waals surface area (Å²) in [5, 5.41) is 2.80. The Morgan fingerprint density at radius 1 is 1.28 bits per heavy atom. The minimum atomic E-state index is -0.286. The van der Waals surface area contributed by atoms with Gasteiger partial charge in [-0.2, -0.15) is 0 Å². The predicted molar refractivity (Wildman–Crippen MR) is 73.8 cm³/mol. The predicted octanol–water partition coefficient (Wildman–Crippen LogP) is 2.23. The Morgan fingerprint density at radius 3 is 2.67 bits per heavy atom. The molecule has 5 heteroatoms. The highest BCUT2D eigenvalue weighted by Crippen LogP contribution is 2.13. The van der Waals surface area contributed by atoms with Gasteiger partial charge in [-0.3, -0.25) is 9.59 Å². The number of carbonyl (C=O) groups excluding carboxylic acids is 2. The first-order valence-electron chi connectivity index (χ1n) is 5.72. The van der Waals surface area contributed by atoms with Crippen LogP contribution in [-0.4, -0.2) is 30.0 Å². The molecule has 0 fully saturated rings. The van der Waals surface area contributed by atoms with E-state index in [-0.39, 0.29) is 23.4 Å². The summed E-state index contributed by atoms with van der Waals surface area (Å²) in [6, 6.07) is 7.57. The van der Waals surface area contributed by atoms with Crippen molar-refractivity contribution in [1.29, 1.82) is 0 Å². The number of carbonyl (C=O) groups is 2. The molecule has 1 amide bonds. The number of anilines is 1. The number of thioether (sulfide) groups is 1. The maximum absolute atomic E-state index is 11.6. The van der Waals surface area contributed by atoms with Crippen molar-refractivity contribution in [1.82, 2.24) is 0 Å². The van der Waals surface area contributed by atoms with Gasteiger partial charge in [0.15, 0.2) is 0 Å². The average molecular weight is 267 g/mol. The number of esters is 1. The van der Waals surface area contributed by atoms with E-state index in [1.807, 2.05) is 31.2 Å². The lowest BCUT2D eigenvalue weighted by atomic mass is 10.2. The van der Waals surface area contributed by atoms with Crippen LogP contribution >= 0.6 is 11.8 Å². The fraction of sp³-hybridized carbons (Fsp3) is 0.385. The van der Waals surface area contributed by atoms with Crippen LogP contribution in [0.4, 0.5) is 5.69 Å². The topological polar surface area (TPSA) is 55.4 Å². The molecule has 0 saturated carbocycles. The fourth-order valence-corrected chi connectivity index (χ4v) is 1.94. The van der Waals surface area contributed by atoms with Gasteiger partial charge in [0, 0.05) is 5.69 Å². The molecule has 1 aromatic rings. The zero-order valence-corrected chi connectivity index (χ0v) is 11.4. The lowest BCUT2D eigenvalue weighted by Crippen LogP contribution is -2.16. The van der Waals surface area contributed by atoms with E-state index >= 15 is 0 Å². The minimum Gasteiger partial charge on any atom is -0.465 e. The van der Waals surface area contributed by atoms with Crippen LogP contribution in [0.15, 0.2) is 24.3 Å². The van der Waals surface area contributed by atoms with Crippen LogP contribution in [0.1, 0.15) is 12.5 Å². The second kappa shape index (κ2) is 7.76. The van der Waals surface area contributed by atoms with Gasteiger partial charge < -0.3 is 10.1 Å². The van der Waals surface area contributed by atoms with Crippen LogP contribution in [0.5, 0.6) is 0 Å². The molecule has 1 aromatic carbocycles. The van der Waals surface area contributed by atoms with Crippen molar-refractivity contribution in [3.05, 3.63) is 29.8 Å². The molecule has 0 aliphatic rings. The lowest BCUT2D eigenvalue weighted by Gasteiger charge is -2.07. The van der Waals surface area contributed by atoms with Crippen molar-refractivity contribution >= 4 is 29.3 Å².